The predicted molar refractivity (Wildman–Crippen MR) is 192 cm³/mol. The van der Waals surface area contributed by atoms with Crippen molar-refractivity contribution in [3.05, 3.63) is 65.0 Å². The molecule has 4 saturated heterocycles. The van der Waals surface area contributed by atoms with Crippen LogP contribution in [0.4, 0.5) is 18.9 Å². The Morgan fingerprint density at radius 2 is 1.71 bits per heavy atom. The molecule has 1 saturated carbocycles. The van der Waals surface area contributed by atoms with Gasteiger partial charge in [-0.15, -0.1) is 0 Å². The zero-order chi connectivity index (χ0) is 35.6. The summed E-state index contributed by atoms with van der Waals surface area (Å²) in [6, 6.07) is 15.7. The number of hydrogen-bond donors (Lipinski definition) is 0. The quantitative estimate of drug-likeness (QED) is 0.228. The Hall–Kier alpha value is -3.13. The predicted octanol–water partition coefficient (Wildman–Crippen LogP) is 6.70. The zero-order valence-corrected chi connectivity index (χ0v) is 30.2. The highest BCUT2D eigenvalue weighted by Crippen LogP contribution is 2.54. The van der Waals surface area contributed by atoms with Crippen molar-refractivity contribution in [1.29, 1.82) is 5.26 Å². The van der Waals surface area contributed by atoms with Crippen molar-refractivity contribution in [2.75, 3.05) is 77.5 Å². The highest BCUT2D eigenvalue weighted by molar-refractivity contribution is 5.69. The molecule has 0 unspecified atom stereocenters. The summed E-state index contributed by atoms with van der Waals surface area (Å²) in [5, 5.41) is 9.73. The van der Waals surface area contributed by atoms with Crippen LogP contribution in [0.2, 0.25) is 0 Å². The number of nitriles is 1. The van der Waals surface area contributed by atoms with E-state index in [2.05, 4.69) is 32.9 Å². The number of hydrogen-bond acceptors (Lipinski definition) is 7. The maximum atomic E-state index is 15.0. The number of nitrogens with zero attached hydrogens (tertiary/aromatic N) is 5. The van der Waals surface area contributed by atoms with Gasteiger partial charge < -0.3 is 19.4 Å². The normalized spacial score (nSPS) is 26.2. The number of benzene rings is 2. The second-order valence-corrected chi connectivity index (χ2v) is 16.2. The van der Waals surface area contributed by atoms with E-state index in [0.717, 1.165) is 101 Å². The molecular formula is C41H54F3N5O2. The number of anilines is 1. The van der Waals surface area contributed by atoms with Crippen molar-refractivity contribution in [3.8, 4) is 6.07 Å². The van der Waals surface area contributed by atoms with Crippen LogP contribution in [0.5, 0.6) is 0 Å². The van der Waals surface area contributed by atoms with Crippen LogP contribution >= 0.6 is 0 Å². The first-order valence-electron chi connectivity index (χ1n) is 19.3. The molecule has 5 aliphatic rings. The molecule has 2 aromatic carbocycles. The van der Waals surface area contributed by atoms with E-state index in [1.807, 2.05) is 23.1 Å². The molecule has 0 radical (unpaired) electrons. The van der Waals surface area contributed by atoms with Gasteiger partial charge in [0.2, 0.25) is 0 Å². The number of ether oxygens (including phenoxy) is 1. The number of rotatable bonds is 12. The fourth-order valence-electron chi connectivity index (χ4n) is 10.2. The average Bonchev–Trinajstić information content (AvgIpc) is 3.55. The molecule has 0 amide bonds. The first-order valence-corrected chi connectivity index (χ1v) is 19.3. The summed E-state index contributed by atoms with van der Waals surface area (Å²) in [7, 11) is 1.48. The Kier molecular flexibility index (Phi) is 11.0. The standard InChI is InChI=1S/C41H54F3N5O2/c1-51-39(50)22-31-5-2-8-38(31)41(29-48-15-4-16-48,35-6-3-7-36(42)23-35)34-11-17-46(18-12-34)25-30-26-49(27-30)37-10-9-32(24-45)33(21-37)28-47-19-13-40(43,44)14-20-47/h3,6-7,9-10,21,23,30-31,34,38H,2,4-5,8,11-20,22,25-29H2,1H3/t31-,38+,41+/m1/s1. The molecule has 7 rings (SSSR count). The minimum atomic E-state index is -2.58. The van der Waals surface area contributed by atoms with Crippen LogP contribution < -0.4 is 4.90 Å². The molecule has 0 aromatic heterocycles. The number of esters is 1. The summed E-state index contributed by atoms with van der Waals surface area (Å²) in [5.41, 5.74) is 3.55. The minimum absolute atomic E-state index is 0.125. The lowest BCUT2D eigenvalue weighted by Crippen LogP contribution is -2.58. The number of carbonyl (C=O) groups is 1. The molecule has 0 bridgehead atoms. The third-order valence-corrected chi connectivity index (χ3v) is 13.1. The zero-order valence-electron chi connectivity index (χ0n) is 30.2. The number of methoxy groups -OCH3 is 1. The lowest BCUT2D eigenvalue weighted by Gasteiger charge is -2.54. The van der Waals surface area contributed by atoms with E-state index < -0.39 is 5.92 Å². The van der Waals surface area contributed by atoms with Gasteiger partial charge in [-0.1, -0.05) is 18.6 Å². The second-order valence-electron chi connectivity index (χ2n) is 16.2. The fraction of sp³-hybridized carbons (Fsp3) is 0.659. The molecule has 5 fully saturated rings. The molecule has 4 heterocycles. The molecular weight excluding hydrogens is 651 g/mol. The van der Waals surface area contributed by atoms with Gasteiger partial charge in [0.25, 0.3) is 5.92 Å². The van der Waals surface area contributed by atoms with Crippen LogP contribution in [0.3, 0.4) is 0 Å². The lowest BCUT2D eigenvalue weighted by atomic mass is 9.56. The third kappa shape index (κ3) is 7.96. The summed E-state index contributed by atoms with van der Waals surface area (Å²) in [5.74, 6) is -1.39. The van der Waals surface area contributed by atoms with Gasteiger partial charge in [0.1, 0.15) is 5.82 Å². The molecule has 10 heteroatoms. The van der Waals surface area contributed by atoms with Crippen LogP contribution in [-0.2, 0) is 21.5 Å². The van der Waals surface area contributed by atoms with Crippen LogP contribution in [0.25, 0.3) is 0 Å². The fourth-order valence-corrected chi connectivity index (χ4v) is 10.2. The van der Waals surface area contributed by atoms with Crippen LogP contribution in [0.1, 0.15) is 74.5 Å². The van der Waals surface area contributed by atoms with Gasteiger partial charge in [0, 0.05) is 82.1 Å². The number of carbonyl (C=O) groups excluding carboxylic acids is 1. The molecule has 1 aliphatic carbocycles. The van der Waals surface area contributed by atoms with Crippen LogP contribution in [0, 0.1) is 40.8 Å². The average molecular weight is 706 g/mol. The SMILES string of the molecule is COC(=O)C[C@H]1CCC[C@@H]1[C@](CN1CCC1)(c1cccc(F)c1)C1CCN(CC2CN(c3ccc(C#N)c(CN4CCC(F)(F)CC4)c3)C2)CC1. The Morgan fingerprint density at radius 3 is 2.37 bits per heavy atom. The van der Waals surface area contributed by atoms with E-state index in [9.17, 15) is 18.8 Å². The van der Waals surface area contributed by atoms with E-state index in [4.69, 9.17) is 4.74 Å². The van der Waals surface area contributed by atoms with Crippen molar-refractivity contribution in [2.24, 2.45) is 23.7 Å². The van der Waals surface area contributed by atoms with Crippen molar-refractivity contribution in [1.82, 2.24) is 14.7 Å². The minimum Gasteiger partial charge on any atom is -0.469 e. The number of likely N-dealkylation sites (tertiary alicyclic amines) is 3. The first-order chi connectivity index (χ1) is 24.7. The second kappa shape index (κ2) is 15.5. The smallest absolute Gasteiger partial charge is 0.305 e. The first kappa shape index (κ1) is 36.2. The van der Waals surface area contributed by atoms with Crippen molar-refractivity contribution in [3.63, 3.8) is 0 Å². The Morgan fingerprint density at radius 1 is 0.941 bits per heavy atom. The molecule has 2 aromatic rings. The van der Waals surface area contributed by atoms with Crippen molar-refractivity contribution in [2.45, 2.75) is 75.7 Å². The van der Waals surface area contributed by atoms with Crippen molar-refractivity contribution < 1.29 is 22.7 Å². The molecule has 0 N–H and O–H groups in total. The van der Waals surface area contributed by atoms with E-state index in [0.29, 0.717) is 49.4 Å². The van der Waals surface area contributed by atoms with Gasteiger partial charge in [0.15, 0.2) is 0 Å². The molecule has 0 spiro atoms. The summed E-state index contributed by atoms with van der Waals surface area (Å²) < 4.78 is 47.6. The van der Waals surface area contributed by atoms with E-state index in [1.165, 1.54) is 13.5 Å². The third-order valence-electron chi connectivity index (χ3n) is 13.1. The lowest BCUT2D eigenvalue weighted by molar-refractivity contribution is -0.142. The van der Waals surface area contributed by atoms with Crippen LogP contribution in [-0.4, -0.2) is 99.1 Å². The number of piperidine rings is 2. The van der Waals surface area contributed by atoms with Crippen LogP contribution in [0.15, 0.2) is 42.5 Å². The molecule has 51 heavy (non-hydrogen) atoms. The van der Waals surface area contributed by atoms with E-state index in [1.54, 1.807) is 12.1 Å². The summed E-state index contributed by atoms with van der Waals surface area (Å²) >= 11 is 0. The molecule has 276 valence electrons. The van der Waals surface area contributed by atoms with Gasteiger partial charge >= 0.3 is 5.97 Å². The van der Waals surface area contributed by atoms with E-state index in [-0.39, 0.29) is 36.0 Å². The highest BCUT2D eigenvalue weighted by atomic mass is 19.3. The van der Waals surface area contributed by atoms with Crippen molar-refractivity contribution >= 4 is 11.7 Å². The van der Waals surface area contributed by atoms with Gasteiger partial charge in [-0.3, -0.25) is 9.69 Å². The monoisotopic (exact) mass is 705 g/mol. The van der Waals surface area contributed by atoms with Gasteiger partial charge in [-0.05, 0) is 117 Å². The van der Waals surface area contributed by atoms with Gasteiger partial charge in [-0.2, -0.15) is 5.26 Å². The highest BCUT2D eigenvalue weighted by Gasteiger charge is 2.53. The maximum Gasteiger partial charge on any atom is 0.305 e. The molecule has 3 atom stereocenters. The number of alkyl halides is 2. The summed E-state index contributed by atoms with van der Waals surface area (Å²) in [4.78, 5) is 22.2. The maximum absolute atomic E-state index is 15.0. The Bertz CT molecular complexity index is 1550. The number of halogens is 3. The topological polar surface area (TPSA) is 63.1 Å². The Balaban J connectivity index is 1.00. The largest absolute Gasteiger partial charge is 0.469 e. The van der Waals surface area contributed by atoms with E-state index >= 15 is 4.39 Å². The molecule has 7 nitrogen and oxygen atoms in total. The van der Waals surface area contributed by atoms with Gasteiger partial charge in [-0.25, -0.2) is 13.2 Å². The summed E-state index contributed by atoms with van der Waals surface area (Å²) in [6.45, 7) is 9.31. The Labute approximate surface area is 301 Å². The molecule has 4 aliphatic heterocycles. The van der Waals surface area contributed by atoms with Gasteiger partial charge in [0.05, 0.1) is 18.7 Å². The summed E-state index contributed by atoms with van der Waals surface area (Å²) in [6.07, 6.45) is 6.69.